The number of carbonyl (C=O) groups excluding carboxylic acids is 2. The van der Waals surface area contributed by atoms with Gasteiger partial charge in [-0.15, -0.1) is 0 Å². The Kier molecular flexibility index (Phi) is 7.00. The van der Waals surface area contributed by atoms with Crippen molar-refractivity contribution >= 4 is 17.5 Å². The minimum atomic E-state index is -0.711. The van der Waals surface area contributed by atoms with Crippen molar-refractivity contribution in [1.82, 2.24) is 5.32 Å². The second kappa shape index (κ2) is 10.1. The summed E-state index contributed by atoms with van der Waals surface area (Å²) in [7, 11) is 0. The minimum Gasteiger partial charge on any atom is -0.494 e. The van der Waals surface area contributed by atoms with Gasteiger partial charge in [-0.05, 0) is 48.9 Å². The van der Waals surface area contributed by atoms with Gasteiger partial charge in [0.1, 0.15) is 11.8 Å². The van der Waals surface area contributed by atoms with Crippen LogP contribution in [0.4, 0.5) is 5.69 Å². The first-order valence-electron chi connectivity index (χ1n) is 9.59. The highest BCUT2D eigenvalue weighted by Gasteiger charge is 2.22. The SMILES string of the molecule is CCOc1ccc(NC(=O)[C@@H](Cc2ccccc2)NC(=O)c2ccccc2)cc1. The van der Waals surface area contributed by atoms with Crippen molar-refractivity contribution in [2.45, 2.75) is 19.4 Å². The molecule has 0 saturated carbocycles. The number of hydrogen-bond donors (Lipinski definition) is 2. The first-order chi connectivity index (χ1) is 14.2. The molecule has 1 atom stereocenters. The first-order valence-corrected chi connectivity index (χ1v) is 9.59. The lowest BCUT2D eigenvalue weighted by Crippen LogP contribution is -2.45. The van der Waals surface area contributed by atoms with E-state index in [1.165, 1.54) is 0 Å². The van der Waals surface area contributed by atoms with Crippen LogP contribution in [0.3, 0.4) is 0 Å². The quantitative estimate of drug-likeness (QED) is 0.611. The average molecular weight is 388 g/mol. The molecule has 2 amide bonds. The Balaban J connectivity index is 1.74. The van der Waals surface area contributed by atoms with E-state index >= 15 is 0 Å². The van der Waals surface area contributed by atoms with Gasteiger partial charge in [0.05, 0.1) is 6.61 Å². The van der Waals surface area contributed by atoms with Crippen molar-refractivity contribution in [1.29, 1.82) is 0 Å². The van der Waals surface area contributed by atoms with Gasteiger partial charge in [0.15, 0.2) is 0 Å². The van der Waals surface area contributed by atoms with Crippen molar-refractivity contribution < 1.29 is 14.3 Å². The molecule has 3 rings (SSSR count). The third-order valence-corrected chi connectivity index (χ3v) is 4.37. The molecule has 148 valence electrons. The van der Waals surface area contributed by atoms with E-state index in [2.05, 4.69) is 10.6 Å². The van der Waals surface area contributed by atoms with E-state index in [-0.39, 0.29) is 11.8 Å². The van der Waals surface area contributed by atoms with Crippen LogP contribution in [-0.2, 0) is 11.2 Å². The Morgan fingerprint density at radius 2 is 1.48 bits per heavy atom. The Hall–Kier alpha value is -3.60. The van der Waals surface area contributed by atoms with Gasteiger partial charge in [0.2, 0.25) is 5.91 Å². The molecule has 0 aliphatic heterocycles. The average Bonchev–Trinajstić information content (AvgIpc) is 2.76. The molecule has 0 radical (unpaired) electrons. The lowest BCUT2D eigenvalue weighted by atomic mass is 10.0. The summed E-state index contributed by atoms with van der Waals surface area (Å²) in [5.41, 5.74) is 2.12. The number of benzene rings is 3. The molecule has 0 aliphatic rings. The smallest absolute Gasteiger partial charge is 0.251 e. The normalized spacial score (nSPS) is 11.3. The lowest BCUT2D eigenvalue weighted by Gasteiger charge is -2.19. The first kappa shape index (κ1) is 20.1. The van der Waals surface area contributed by atoms with Gasteiger partial charge in [0.25, 0.3) is 5.91 Å². The minimum absolute atomic E-state index is 0.276. The number of nitrogens with one attached hydrogen (secondary N) is 2. The number of amides is 2. The second-order valence-electron chi connectivity index (χ2n) is 6.53. The number of anilines is 1. The van der Waals surface area contributed by atoms with Crippen molar-refractivity contribution in [3.05, 3.63) is 96.1 Å². The fourth-order valence-corrected chi connectivity index (χ4v) is 2.92. The largest absolute Gasteiger partial charge is 0.494 e. The highest BCUT2D eigenvalue weighted by Crippen LogP contribution is 2.16. The highest BCUT2D eigenvalue weighted by atomic mass is 16.5. The number of rotatable bonds is 8. The third kappa shape index (κ3) is 5.94. The van der Waals surface area contributed by atoms with Crippen LogP contribution >= 0.6 is 0 Å². The van der Waals surface area contributed by atoms with Gasteiger partial charge in [-0.25, -0.2) is 0 Å². The molecule has 0 unspecified atom stereocenters. The van der Waals surface area contributed by atoms with Crippen molar-refractivity contribution in [3.63, 3.8) is 0 Å². The van der Waals surface area contributed by atoms with E-state index in [9.17, 15) is 9.59 Å². The second-order valence-corrected chi connectivity index (χ2v) is 6.53. The topological polar surface area (TPSA) is 67.4 Å². The maximum atomic E-state index is 12.9. The molecule has 2 N–H and O–H groups in total. The van der Waals surface area contributed by atoms with Crippen molar-refractivity contribution in [2.75, 3.05) is 11.9 Å². The van der Waals surface area contributed by atoms with Gasteiger partial charge < -0.3 is 15.4 Å². The van der Waals surface area contributed by atoms with Crippen LogP contribution in [0.2, 0.25) is 0 Å². The molecule has 0 aromatic heterocycles. The van der Waals surface area contributed by atoms with Crippen LogP contribution in [0.1, 0.15) is 22.8 Å². The summed E-state index contributed by atoms with van der Waals surface area (Å²) in [5.74, 6) is 0.180. The molecule has 0 heterocycles. The third-order valence-electron chi connectivity index (χ3n) is 4.37. The Morgan fingerprint density at radius 1 is 0.862 bits per heavy atom. The summed E-state index contributed by atoms with van der Waals surface area (Å²) in [6, 6.07) is 24.9. The molecule has 3 aromatic rings. The van der Waals surface area contributed by atoms with Gasteiger partial charge in [-0.3, -0.25) is 9.59 Å². The molecule has 0 spiro atoms. The molecule has 3 aromatic carbocycles. The molecule has 0 fully saturated rings. The predicted octanol–water partition coefficient (Wildman–Crippen LogP) is 4.07. The van der Waals surface area contributed by atoms with Crippen LogP contribution in [0, 0.1) is 0 Å². The Labute approximate surface area is 170 Å². The summed E-state index contributed by atoms with van der Waals surface area (Å²) < 4.78 is 5.42. The summed E-state index contributed by atoms with van der Waals surface area (Å²) in [6.45, 7) is 2.50. The monoisotopic (exact) mass is 388 g/mol. The standard InChI is InChI=1S/C24H24N2O3/c1-2-29-21-15-13-20(14-16-21)25-24(28)22(17-18-9-5-3-6-10-18)26-23(27)19-11-7-4-8-12-19/h3-16,22H,2,17H2,1H3,(H,25,28)(H,26,27)/t22-/m1/s1. The maximum Gasteiger partial charge on any atom is 0.251 e. The van der Waals surface area contributed by atoms with E-state index in [0.29, 0.717) is 24.3 Å². The predicted molar refractivity (Wildman–Crippen MR) is 114 cm³/mol. The molecular formula is C24H24N2O3. The summed E-state index contributed by atoms with van der Waals surface area (Å²) in [6.07, 6.45) is 0.391. The fourth-order valence-electron chi connectivity index (χ4n) is 2.92. The lowest BCUT2D eigenvalue weighted by molar-refractivity contribution is -0.118. The van der Waals surface area contributed by atoms with E-state index in [4.69, 9.17) is 4.74 Å². The van der Waals surface area contributed by atoms with Crippen LogP contribution in [0.15, 0.2) is 84.9 Å². The zero-order valence-corrected chi connectivity index (χ0v) is 16.3. The summed E-state index contributed by atoms with van der Waals surface area (Å²) in [4.78, 5) is 25.5. The van der Waals surface area contributed by atoms with E-state index < -0.39 is 6.04 Å². The van der Waals surface area contributed by atoms with E-state index in [1.807, 2.05) is 43.3 Å². The summed E-state index contributed by atoms with van der Waals surface area (Å²) in [5, 5.41) is 5.74. The summed E-state index contributed by atoms with van der Waals surface area (Å²) >= 11 is 0. The Bertz CT molecular complexity index is 925. The van der Waals surface area contributed by atoms with Gasteiger partial charge in [0, 0.05) is 17.7 Å². The maximum absolute atomic E-state index is 12.9. The number of ether oxygens (including phenoxy) is 1. The van der Waals surface area contributed by atoms with Gasteiger partial charge in [-0.1, -0.05) is 48.5 Å². The van der Waals surface area contributed by atoms with Crippen molar-refractivity contribution in [3.8, 4) is 5.75 Å². The molecule has 0 saturated heterocycles. The van der Waals surface area contributed by atoms with E-state index in [0.717, 1.165) is 11.3 Å². The molecule has 0 aliphatic carbocycles. The highest BCUT2D eigenvalue weighted by molar-refractivity contribution is 6.01. The molecule has 5 nitrogen and oxygen atoms in total. The van der Waals surface area contributed by atoms with Crippen LogP contribution in [-0.4, -0.2) is 24.5 Å². The van der Waals surface area contributed by atoms with Gasteiger partial charge in [-0.2, -0.15) is 0 Å². The molecular weight excluding hydrogens is 364 g/mol. The zero-order chi connectivity index (χ0) is 20.5. The van der Waals surface area contributed by atoms with Crippen LogP contribution < -0.4 is 15.4 Å². The molecule has 0 bridgehead atoms. The number of carbonyl (C=O) groups is 2. The zero-order valence-electron chi connectivity index (χ0n) is 16.3. The fraction of sp³-hybridized carbons (Fsp3) is 0.167. The van der Waals surface area contributed by atoms with Crippen molar-refractivity contribution in [2.24, 2.45) is 0 Å². The molecule has 29 heavy (non-hydrogen) atoms. The van der Waals surface area contributed by atoms with Crippen LogP contribution in [0.25, 0.3) is 0 Å². The van der Waals surface area contributed by atoms with Crippen LogP contribution in [0.5, 0.6) is 5.75 Å². The Morgan fingerprint density at radius 3 is 2.10 bits per heavy atom. The van der Waals surface area contributed by atoms with Gasteiger partial charge >= 0.3 is 0 Å². The van der Waals surface area contributed by atoms with E-state index in [1.54, 1.807) is 48.5 Å². The number of hydrogen-bond acceptors (Lipinski definition) is 3. The molecule has 5 heteroatoms.